The molecule has 0 N–H and O–H groups in total. The van der Waals surface area contributed by atoms with Crippen LogP contribution in [0.3, 0.4) is 0 Å². The third-order valence-corrected chi connectivity index (χ3v) is 3.83. The van der Waals surface area contributed by atoms with Crippen LogP contribution in [-0.4, -0.2) is 65.6 Å². The molecule has 0 spiro atoms. The first-order chi connectivity index (χ1) is 11.9. The van der Waals surface area contributed by atoms with Gasteiger partial charge < -0.3 is 19.3 Å². The third kappa shape index (κ3) is 4.82. The van der Waals surface area contributed by atoms with Crippen molar-refractivity contribution >= 4 is 17.7 Å². The summed E-state index contributed by atoms with van der Waals surface area (Å²) in [5.74, 6) is 0.193. The summed E-state index contributed by atoms with van der Waals surface area (Å²) < 4.78 is 10.5. The smallest absolute Gasteiger partial charge is 0.409 e. The average molecular weight is 351 g/mol. The molecule has 0 saturated carbocycles. The molecule has 0 radical (unpaired) electrons. The number of ether oxygens (including phenoxy) is 2. The summed E-state index contributed by atoms with van der Waals surface area (Å²) in [6.45, 7) is 5.33. The highest BCUT2D eigenvalue weighted by Crippen LogP contribution is 2.19. The minimum Gasteiger partial charge on any atom is -0.481 e. The number of nitrogens with zero attached hydrogens (tertiary/aromatic N) is 3. The lowest BCUT2D eigenvalue weighted by Crippen LogP contribution is -2.53. The molecule has 1 aliphatic heterocycles. The molecule has 0 unspecified atom stereocenters. The van der Waals surface area contributed by atoms with E-state index in [1.54, 1.807) is 23.6 Å². The van der Waals surface area contributed by atoms with E-state index in [-0.39, 0.29) is 17.7 Å². The van der Waals surface area contributed by atoms with Crippen molar-refractivity contribution in [2.75, 3.05) is 32.8 Å². The van der Waals surface area contributed by atoms with E-state index in [9.17, 15) is 19.7 Å². The van der Waals surface area contributed by atoms with Gasteiger partial charge in [0.2, 0.25) is 0 Å². The summed E-state index contributed by atoms with van der Waals surface area (Å²) in [5, 5.41) is 10.6. The van der Waals surface area contributed by atoms with Gasteiger partial charge in [0.1, 0.15) is 5.75 Å². The van der Waals surface area contributed by atoms with Crippen LogP contribution in [0, 0.1) is 10.1 Å². The monoisotopic (exact) mass is 351 g/mol. The first-order valence-corrected chi connectivity index (χ1v) is 8.04. The normalized spacial score (nSPS) is 15.4. The fourth-order valence-corrected chi connectivity index (χ4v) is 2.48. The zero-order valence-electron chi connectivity index (χ0n) is 14.2. The number of nitro groups is 1. The van der Waals surface area contributed by atoms with Crippen LogP contribution in [-0.2, 0) is 9.53 Å². The second kappa shape index (κ2) is 8.32. The molecule has 1 aliphatic rings. The van der Waals surface area contributed by atoms with Crippen LogP contribution >= 0.6 is 0 Å². The van der Waals surface area contributed by atoms with Crippen molar-refractivity contribution in [3.63, 3.8) is 0 Å². The molecule has 1 heterocycles. The van der Waals surface area contributed by atoms with Crippen LogP contribution in [0.25, 0.3) is 0 Å². The molecule has 1 fully saturated rings. The van der Waals surface area contributed by atoms with Gasteiger partial charge in [-0.05, 0) is 26.0 Å². The van der Waals surface area contributed by atoms with Crippen molar-refractivity contribution in [2.24, 2.45) is 0 Å². The highest BCUT2D eigenvalue weighted by Gasteiger charge is 2.28. The topological polar surface area (TPSA) is 102 Å². The molecule has 0 bridgehead atoms. The molecule has 1 aromatic carbocycles. The Morgan fingerprint density at radius 1 is 1.16 bits per heavy atom. The molecule has 2 amide bonds. The Labute approximate surface area is 145 Å². The quantitative estimate of drug-likeness (QED) is 0.590. The zero-order valence-corrected chi connectivity index (χ0v) is 14.2. The molecular formula is C16H21N3O6. The first kappa shape index (κ1) is 18.5. The van der Waals surface area contributed by atoms with Crippen LogP contribution in [0.1, 0.15) is 13.8 Å². The van der Waals surface area contributed by atoms with E-state index >= 15 is 0 Å². The Morgan fingerprint density at radius 3 is 2.24 bits per heavy atom. The highest BCUT2D eigenvalue weighted by atomic mass is 16.6. The van der Waals surface area contributed by atoms with E-state index in [2.05, 4.69) is 0 Å². The molecule has 0 aromatic heterocycles. The third-order valence-electron chi connectivity index (χ3n) is 3.83. The Kier molecular flexibility index (Phi) is 6.15. The minimum atomic E-state index is -0.726. The number of amides is 2. The predicted molar refractivity (Wildman–Crippen MR) is 88.4 cm³/mol. The van der Waals surface area contributed by atoms with E-state index < -0.39 is 11.0 Å². The fourth-order valence-electron chi connectivity index (χ4n) is 2.48. The van der Waals surface area contributed by atoms with Gasteiger partial charge in [-0.2, -0.15) is 0 Å². The number of non-ortho nitro benzene ring substituents is 1. The van der Waals surface area contributed by atoms with Crippen molar-refractivity contribution in [3.8, 4) is 5.75 Å². The van der Waals surface area contributed by atoms with Gasteiger partial charge >= 0.3 is 6.09 Å². The van der Waals surface area contributed by atoms with Crippen LogP contribution in [0.4, 0.5) is 10.5 Å². The number of carbonyl (C=O) groups is 2. The first-order valence-electron chi connectivity index (χ1n) is 8.04. The van der Waals surface area contributed by atoms with Gasteiger partial charge in [-0.25, -0.2) is 4.79 Å². The molecular weight excluding hydrogens is 330 g/mol. The number of hydrogen-bond acceptors (Lipinski definition) is 6. The van der Waals surface area contributed by atoms with Crippen molar-refractivity contribution < 1.29 is 24.0 Å². The number of rotatable bonds is 5. The Bertz CT molecular complexity index is 625. The molecule has 1 atom stereocenters. The van der Waals surface area contributed by atoms with E-state index in [4.69, 9.17) is 9.47 Å². The number of nitro benzene ring substituents is 1. The van der Waals surface area contributed by atoms with E-state index in [1.807, 2.05) is 0 Å². The van der Waals surface area contributed by atoms with Crippen LogP contribution in [0.15, 0.2) is 24.3 Å². The maximum Gasteiger partial charge on any atom is 0.409 e. The SMILES string of the molecule is CCOC(=O)N1CCN(C(=O)[C@@H](C)Oc2ccc([N+](=O)[O-])cc2)CC1. The predicted octanol–water partition coefficient (Wildman–Crippen LogP) is 1.66. The van der Waals surface area contributed by atoms with Crippen molar-refractivity contribution in [3.05, 3.63) is 34.4 Å². The van der Waals surface area contributed by atoms with Gasteiger partial charge in [-0.15, -0.1) is 0 Å². The number of carbonyl (C=O) groups excluding carboxylic acids is 2. The largest absolute Gasteiger partial charge is 0.481 e. The van der Waals surface area contributed by atoms with Crippen molar-refractivity contribution in [1.29, 1.82) is 0 Å². The molecule has 9 nitrogen and oxygen atoms in total. The van der Waals surface area contributed by atoms with Crippen LogP contribution < -0.4 is 4.74 Å². The minimum absolute atomic E-state index is 0.0404. The van der Waals surface area contributed by atoms with Gasteiger partial charge in [0, 0.05) is 38.3 Å². The summed E-state index contributed by atoms with van der Waals surface area (Å²) >= 11 is 0. The maximum absolute atomic E-state index is 12.4. The van der Waals surface area contributed by atoms with Gasteiger partial charge in [-0.1, -0.05) is 0 Å². The van der Waals surface area contributed by atoms with Gasteiger partial charge in [0.15, 0.2) is 6.10 Å². The summed E-state index contributed by atoms with van der Waals surface area (Å²) in [7, 11) is 0. The molecule has 1 aromatic rings. The second-order valence-corrected chi connectivity index (χ2v) is 5.52. The second-order valence-electron chi connectivity index (χ2n) is 5.52. The fraction of sp³-hybridized carbons (Fsp3) is 0.500. The van der Waals surface area contributed by atoms with Crippen LogP contribution in [0.2, 0.25) is 0 Å². The zero-order chi connectivity index (χ0) is 18.4. The molecule has 9 heteroatoms. The number of hydrogen-bond donors (Lipinski definition) is 0. The summed E-state index contributed by atoms with van der Waals surface area (Å²) in [5.41, 5.74) is -0.0404. The summed E-state index contributed by atoms with van der Waals surface area (Å²) in [6, 6.07) is 5.57. The van der Waals surface area contributed by atoms with Crippen LogP contribution in [0.5, 0.6) is 5.75 Å². The van der Waals surface area contributed by atoms with Gasteiger partial charge in [0.25, 0.3) is 11.6 Å². The molecule has 136 valence electrons. The van der Waals surface area contributed by atoms with E-state index in [0.717, 1.165) is 0 Å². The summed E-state index contributed by atoms with van der Waals surface area (Å²) in [4.78, 5) is 37.4. The lowest BCUT2D eigenvalue weighted by molar-refractivity contribution is -0.384. The summed E-state index contributed by atoms with van der Waals surface area (Å²) in [6.07, 6.45) is -1.10. The standard InChI is InChI=1S/C16H21N3O6/c1-3-24-16(21)18-10-8-17(9-11-18)15(20)12(2)25-14-6-4-13(5-7-14)19(22)23/h4-7,12H,3,8-11H2,1-2H3/t12-/m1/s1. The van der Waals surface area contributed by atoms with Gasteiger partial charge in [0.05, 0.1) is 11.5 Å². The van der Waals surface area contributed by atoms with Crippen molar-refractivity contribution in [2.45, 2.75) is 20.0 Å². The molecule has 25 heavy (non-hydrogen) atoms. The molecule has 0 aliphatic carbocycles. The number of piperazine rings is 1. The Morgan fingerprint density at radius 2 is 1.72 bits per heavy atom. The highest BCUT2D eigenvalue weighted by molar-refractivity contribution is 5.81. The lowest BCUT2D eigenvalue weighted by Gasteiger charge is -2.35. The number of benzene rings is 1. The lowest BCUT2D eigenvalue weighted by atomic mass is 10.2. The maximum atomic E-state index is 12.4. The van der Waals surface area contributed by atoms with E-state index in [1.165, 1.54) is 24.3 Å². The molecule has 2 rings (SSSR count). The Hall–Kier alpha value is -2.84. The Balaban J connectivity index is 1.86. The average Bonchev–Trinajstić information content (AvgIpc) is 2.61. The van der Waals surface area contributed by atoms with E-state index in [0.29, 0.717) is 38.5 Å². The van der Waals surface area contributed by atoms with Gasteiger partial charge in [-0.3, -0.25) is 14.9 Å². The van der Waals surface area contributed by atoms with Crippen molar-refractivity contribution in [1.82, 2.24) is 9.80 Å². The molecule has 1 saturated heterocycles.